The van der Waals surface area contributed by atoms with Crippen LogP contribution in [0.4, 0.5) is 0 Å². The highest BCUT2D eigenvalue weighted by molar-refractivity contribution is 9.10. The van der Waals surface area contributed by atoms with Gasteiger partial charge in [0, 0.05) is 22.1 Å². The topological polar surface area (TPSA) is 29.5 Å². The van der Waals surface area contributed by atoms with Gasteiger partial charge in [-0.25, -0.2) is 0 Å². The monoisotopic (exact) mass is 477 g/mol. The van der Waals surface area contributed by atoms with Crippen molar-refractivity contribution >= 4 is 27.8 Å². The van der Waals surface area contributed by atoms with Crippen molar-refractivity contribution in [3.05, 3.63) is 93.5 Å². The highest BCUT2D eigenvalue weighted by atomic mass is 79.9. The number of benzene rings is 3. The number of ketones is 1. The molecule has 0 aromatic heterocycles. The zero-order valence-electron chi connectivity index (χ0n) is 18.5. The summed E-state index contributed by atoms with van der Waals surface area (Å²) < 4.78 is 6.82. The molecule has 0 atom stereocenters. The van der Waals surface area contributed by atoms with Crippen molar-refractivity contribution in [2.45, 2.75) is 13.8 Å². The van der Waals surface area contributed by atoms with E-state index in [0.717, 1.165) is 33.5 Å². The summed E-state index contributed by atoms with van der Waals surface area (Å²) in [5.41, 5.74) is 6.23. The molecule has 0 heterocycles. The average Bonchev–Trinajstić information content (AvgIpc) is 2.72. The lowest BCUT2D eigenvalue weighted by Gasteiger charge is -2.14. The Labute approximate surface area is 193 Å². The van der Waals surface area contributed by atoms with Crippen molar-refractivity contribution in [1.82, 2.24) is 4.90 Å². The van der Waals surface area contributed by atoms with Crippen LogP contribution in [0.2, 0.25) is 0 Å². The molecule has 0 bridgehead atoms. The minimum absolute atomic E-state index is 0.0523. The molecule has 3 aromatic rings. The summed E-state index contributed by atoms with van der Waals surface area (Å²) in [6, 6.07) is 20.1. The molecule has 0 N–H and O–H groups in total. The Morgan fingerprint density at radius 2 is 1.68 bits per heavy atom. The van der Waals surface area contributed by atoms with Crippen molar-refractivity contribution in [1.29, 1.82) is 0 Å². The number of hydrogen-bond donors (Lipinski definition) is 0. The van der Waals surface area contributed by atoms with E-state index in [2.05, 4.69) is 65.0 Å². The number of carbonyl (C=O) groups is 1. The van der Waals surface area contributed by atoms with Crippen molar-refractivity contribution in [2.24, 2.45) is 0 Å². The second kappa shape index (κ2) is 10.6. The number of halogens is 1. The zero-order chi connectivity index (χ0) is 22.4. The van der Waals surface area contributed by atoms with E-state index < -0.39 is 0 Å². The summed E-state index contributed by atoms with van der Waals surface area (Å²) in [5, 5.41) is 0. The third-order valence-corrected chi connectivity index (χ3v) is 5.61. The van der Waals surface area contributed by atoms with E-state index in [0.29, 0.717) is 12.2 Å². The molecule has 4 heteroatoms. The van der Waals surface area contributed by atoms with Gasteiger partial charge in [0.1, 0.15) is 12.4 Å². The molecule has 31 heavy (non-hydrogen) atoms. The van der Waals surface area contributed by atoms with E-state index in [1.54, 1.807) is 6.08 Å². The summed E-state index contributed by atoms with van der Waals surface area (Å²) >= 11 is 3.46. The van der Waals surface area contributed by atoms with Crippen LogP contribution in [0, 0.1) is 13.8 Å². The highest BCUT2D eigenvalue weighted by Crippen LogP contribution is 2.29. The Kier molecular flexibility index (Phi) is 7.83. The van der Waals surface area contributed by atoms with Gasteiger partial charge < -0.3 is 9.64 Å². The minimum Gasteiger partial charge on any atom is -0.492 e. The molecular weight excluding hydrogens is 450 g/mol. The second-order valence-electron chi connectivity index (χ2n) is 7.96. The number of aryl methyl sites for hydroxylation is 2. The minimum atomic E-state index is -0.0523. The largest absolute Gasteiger partial charge is 0.492 e. The van der Waals surface area contributed by atoms with Gasteiger partial charge >= 0.3 is 0 Å². The third kappa shape index (κ3) is 6.39. The number of allylic oxidation sites excluding steroid dienone is 1. The molecule has 0 aliphatic carbocycles. The van der Waals surface area contributed by atoms with Crippen LogP contribution in [0.3, 0.4) is 0 Å². The standard InChI is InChI=1S/C27H28BrNO2/c1-19-15-20(2)17-23(16-19)21-10-12-27(31-14-13-29(3)4)22(18-21)9-11-26(30)24-7-5-6-8-25(24)28/h5-12,15-18H,13-14H2,1-4H3. The molecule has 0 radical (unpaired) electrons. The van der Waals surface area contributed by atoms with Crippen LogP contribution >= 0.6 is 15.9 Å². The Morgan fingerprint density at radius 3 is 2.35 bits per heavy atom. The lowest BCUT2D eigenvalue weighted by Crippen LogP contribution is -2.19. The molecular formula is C27H28BrNO2. The van der Waals surface area contributed by atoms with Crippen LogP contribution in [0.1, 0.15) is 27.0 Å². The quantitative estimate of drug-likeness (QED) is 0.271. The molecule has 0 amide bonds. The fourth-order valence-corrected chi connectivity index (χ4v) is 3.87. The van der Waals surface area contributed by atoms with Gasteiger partial charge in [-0.05, 0) is 75.5 Å². The Hall–Kier alpha value is -2.69. The molecule has 3 aromatic carbocycles. The first-order valence-electron chi connectivity index (χ1n) is 10.3. The third-order valence-electron chi connectivity index (χ3n) is 4.91. The number of hydrogen-bond acceptors (Lipinski definition) is 3. The van der Waals surface area contributed by atoms with Gasteiger partial charge in [-0.1, -0.05) is 63.5 Å². The lowest BCUT2D eigenvalue weighted by atomic mass is 9.98. The maximum atomic E-state index is 12.7. The highest BCUT2D eigenvalue weighted by Gasteiger charge is 2.09. The Morgan fingerprint density at radius 1 is 0.968 bits per heavy atom. The van der Waals surface area contributed by atoms with E-state index in [1.165, 1.54) is 11.1 Å². The van der Waals surface area contributed by atoms with E-state index in [-0.39, 0.29) is 5.78 Å². The van der Waals surface area contributed by atoms with Gasteiger partial charge in [0.05, 0.1) is 0 Å². The normalized spacial score (nSPS) is 11.3. The average molecular weight is 478 g/mol. The number of likely N-dealkylation sites (N-methyl/N-ethyl adjacent to an activating group) is 1. The number of rotatable bonds is 8. The fraction of sp³-hybridized carbons (Fsp3) is 0.222. The molecule has 0 aliphatic heterocycles. The first-order valence-corrected chi connectivity index (χ1v) is 11.1. The van der Waals surface area contributed by atoms with Gasteiger partial charge in [-0.3, -0.25) is 4.79 Å². The Balaban J connectivity index is 1.95. The summed E-state index contributed by atoms with van der Waals surface area (Å²) in [6.45, 7) is 5.60. The molecule has 0 spiro atoms. The number of ether oxygens (including phenoxy) is 1. The molecule has 3 nitrogen and oxygen atoms in total. The first-order chi connectivity index (χ1) is 14.8. The van der Waals surface area contributed by atoms with Crippen LogP contribution in [-0.2, 0) is 0 Å². The van der Waals surface area contributed by atoms with E-state index in [9.17, 15) is 4.79 Å². The maximum absolute atomic E-state index is 12.7. The van der Waals surface area contributed by atoms with Crippen molar-refractivity contribution in [3.63, 3.8) is 0 Å². The predicted octanol–water partition coefficient (Wildman–Crippen LogP) is 6.57. The van der Waals surface area contributed by atoms with Crippen molar-refractivity contribution < 1.29 is 9.53 Å². The summed E-state index contributed by atoms with van der Waals surface area (Å²) in [4.78, 5) is 14.8. The SMILES string of the molecule is Cc1cc(C)cc(-c2ccc(OCCN(C)C)c(C=CC(=O)c3ccccc3Br)c2)c1. The van der Waals surface area contributed by atoms with Gasteiger partial charge in [0.15, 0.2) is 5.78 Å². The van der Waals surface area contributed by atoms with Gasteiger partial charge in [0.25, 0.3) is 0 Å². The van der Waals surface area contributed by atoms with E-state index >= 15 is 0 Å². The van der Waals surface area contributed by atoms with Gasteiger partial charge in [-0.15, -0.1) is 0 Å². The summed E-state index contributed by atoms with van der Waals surface area (Å²) in [5.74, 6) is 0.717. The van der Waals surface area contributed by atoms with Gasteiger partial charge in [0.2, 0.25) is 0 Å². The van der Waals surface area contributed by atoms with Crippen molar-refractivity contribution in [2.75, 3.05) is 27.2 Å². The zero-order valence-corrected chi connectivity index (χ0v) is 20.1. The number of nitrogens with zero attached hydrogens (tertiary/aromatic N) is 1. The molecule has 0 unspecified atom stereocenters. The van der Waals surface area contributed by atoms with E-state index in [4.69, 9.17) is 4.74 Å². The van der Waals surface area contributed by atoms with Gasteiger partial charge in [-0.2, -0.15) is 0 Å². The molecule has 160 valence electrons. The van der Waals surface area contributed by atoms with Crippen LogP contribution in [0.5, 0.6) is 5.75 Å². The van der Waals surface area contributed by atoms with Crippen molar-refractivity contribution in [3.8, 4) is 16.9 Å². The van der Waals surface area contributed by atoms with Crippen LogP contribution in [0.15, 0.2) is 71.2 Å². The first kappa shape index (κ1) is 23.0. The molecule has 3 rings (SSSR count). The van der Waals surface area contributed by atoms with Crippen LogP contribution in [0.25, 0.3) is 17.2 Å². The summed E-state index contributed by atoms with van der Waals surface area (Å²) in [6.07, 6.45) is 3.46. The number of carbonyl (C=O) groups excluding carboxylic acids is 1. The second-order valence-corrected chi connectivity index (χ2v) is 8.81. The lowest BCUT2D eigenvalue weighted by molar-refractivity contribution is 0.104. The van der Waals surface area contributed by atoms with E-state index in [1.807, 2.05) is 50.5 Å². The van der Waals surface area contributed by atoms with Crippen LogP contribution in [-0.4, -0.2) is 37.9 Å². The maximum Gasteiger partial charge on any atom is 0.186 e. The Bertz CT molecular complexity index is 1080. The smallest absolute Gasteiger partial charge is 0.186 e. The van der Waals surface area contributed by atoms with Crippen LogP contribution < -0.4 is 4.74 Å². The fourth-order valence-electron chi connectivity index (χ4n) is 3.39. The molecule has 0 fully saturated rings. The predicted molar refractivity (Wildman–Crippen MR) is 133 cm³/mol. The molecule has 0 aliphatic rings. The molecule has 0 saturated carbocycles. The summed E-state index contributed by atoms with van der Waals surface area (Å²) in [7, 11) is 4.04. The molecule has 0 saturated heterocycles.